The number of carbonyl (C=O) groups excluding carboxylic acids is 2. The molecule has 276 valence electrons. The molecular formula is C37H48N4O8S2. The van der Waals surface area contributed by atoms with Crippen LogP contribution in [0.1, 0.15) is 77.3 Å². The Morgan fingerprint density at radius 2 is 1.63 bits per heavy atom. The molecule has 4 rings (SSSR count). The minimum atomic E-state index is -4.07. The van der Waals surface area contributed by atoms with Crippen LogP contribution in [0.2, 0.25) is 0 Å². The van der Waals surface area contributed by atoms with E-state index in [9.17, 15) is 33.0 Å². The summed E-state index contributed by atoms with van der Waals surface area (Å²) in [5, 5.41) is 24.3. The number of thioether (sulfide) groups is 1. The van der Waals surface area contributed by atoms with Crippen LogP contribution in [0.5, 0.6) is 11.5 Å². The number of nitrogens with zero attached hydrogens (tertiary/aromatic N) is 1. The summed E-state index contributed by atoms with van der Waals surface area (Å²) >= 11 is 1.34. The number of aliphatic carboxylic acids is 1. The lowest BCUT2D eigenvalue weighted by atomic mass is 9.87. The van der Waals surface area contributed by atoms with Crippen LogP contribution in [-0.4, -0.2) is 67.4 Å². The Morgan fingerprint density at radius 1 is 0.980 bits per heavy atom. The lowest BCUT2D eigenvalue weighted by Crippen LogP contribution is -2.53. The summed E-state index contributed by atoms with van der Waals surface area (Å²) in [5.74, 6) is -2.57. The van der Waals surface area contributed by atoms with Gasteiger partial charge in [-0.2, -0.15) is 0 Å². The molecule has 0 fully saturated rings. The Bertz CT molecular complexity index is 1760. The van der Waals surface area contributed by atoms with Gasteiger partial charge in [-0.25, -0.2) is 17.9 Å². The summed E-state index contributed by atoms with van der Waals surface area (Å²) < 4.78 is 37.6. The van der Waals surface area contributed by atoms with Crippen molar-refractivity contribution in [2.24, 2.45) is 0 Å². The topological polar surface area (TPSA) is 174 Å². The molecule has 0 spiro atoms. The van der Waals surface area contributed by atoms with Crippen molar-refractivity contribution in [3.63, 3.8) is 0 Å². The van der Waals surface area contributed by atoms with Crippen LogP contribution in [0.15, 0.2) is 76.5 Å². The SMILES string of the molecule is CCCCC1(CCCC)CN([13c]2[13cH][13cH][13cH][13cH][13cH]2)c2cc(SC)c(OCC(=O)N[C@@H](C(=O)N[C@@H](CC)C(=O)O)c3ccc(O)cc3)cc2S(=O)(=O)N1. The highest BCUT2D eigenvalue weighted by molar-refractivity contribution is 7.98. The van der Waals surface area contributed by atoms with Crippen molar-refractivity contribution < 1.29 is 37.8 Å². The molecule has 2 amide bonds. The maximum atomic E-state index is 14.3. The van der Waals surface area contributed by atoms with Gasteiger partial charge in [0.1, 0.15) is 28.5 Å². The molecule has 1 heterocycles. The molecule has 2 atom stereocenters. The molecule has 3 aromatic rings. The zero-order valence-corrected chi connectivity index (χ0v) is 31.1. The second kappa shape index (κ2) is 17.8. The fraction of sp³-hybridized carbons (Fsp3) is 0.432. The first-order valence-electron chi connectivity index (χ1n) is 17.2. The monoisotopic (exact) mass is 746 g/mol. The van der Waals surface area contributed by atoms with Crippen molar-refractivity contribution >= 4 is 50.9 Å². The minimum absolute atomic E-state index is 0.0232. The van der Waals surface area contributed by atoms with Gasteiger partial charge in [-0.3, -0.25) is 9.59 Å². The molecule has 51 heavy (non-hydrogen) atoms. The fourth-order valence-corrected chi connectivity index (χ4v) is 8.35. The van der Waals surface area contributed by atoms with E-state index in [4.69, 9.17) is 4.74 Å². The van der Waals surface area contributed by atoms with Gasteiger partial charge in [0.25, 0.3) is 5.91 Å². The van der Waals surface area contributed by atoms with Gasteiger partial charge in [-0.15, -0.1) is 11.8 Å². The van der Waals surface area contributed by atoms with Crippen molar-refractivity contribution in [1.29, 1.82) is 0 Å². The lowest BCUT2D eigenvalue weighted by molar-refractivity contribution is -0.142. The highest BCUT2D eigenvalue weighted by Gasteiger charge is 2.42. The highest BCUT2D eigenvalue weighted by atomic mass is 32.2. The van der Waals surface area contributed by atoms with E-state index in [2.05, 4.69) is 34.1 Å². The average Bonchev–Trinajstić information content (AvgIpc) is 3.21. The molecule has 14 heteroatoms. The predicted octanol–water partition coefficient (Wildman–Crippen LogP) is 5.88. The number of anilines is 2. The van der Waals surface area contributed by atoms with E-state index >= 15 is 0 Å². The largest absolute Gasteiger partial charge is 0.508 e. The molecule has 5 N–H and O–H groups in total. The van der Waals surface area contributed by atoms with E-state index in [0.29, 0.717) is 35.5 Å². The summed E-state index contributed by atoms with van der Waals surface area (Å²) in [4.78, 5) is 40.8. The molecule has 0 saturated carbocycles. The highest BCUT2D eigenvalue weighted by Crippen LogP contribution is 2.44. The molecule has 0 radical (unpaired) electrons. The maximum Gasteiger partial charge on any atom is 0.326 e. The number of fused-ring (bicyclic) bond motifs is 1. The number of rotatable bonds is 17. The van der Waals surface area contributed by atoms with Crippen LogP contribution in [0, 0.1) is 0 Å². The number of para-hydroxylation sites is 1. The Labute approximate surface area is 304 Å². The standard InChI is InChI=1S/C37H48N4O8S2/c1-5-8-19-37(20-9-6-2)24-41(26-13-11-10-12-14-26)29-21-31(50-4)30(22-32(29)51(47,48)40-37)49-23-33(43)39-34(25-15-17-27(42)18-16-25)35(44)38-28(7-3)36(45)46/h10-18,21-22,28,34,40,42H,5-9,19-20,23-24H2,1-4H3,(H,38,44)(H,39,43)(H,45,46)/t28-,34+/m0/s1/i10+1,11+1,12+1,13+1,14+1,26+1. The molecule has 0 aliphatic carbocycles. The molecule has 12 nitrogen and oxygen atoms in total. The molecule has 0 unspecified atom stereocenters. The summed E-state index contributed by atoms with van der Waals surface area (Å²) in [6, 6.07) is 16.0. The van der Waals surface area contributed by atoms with E-state index in [1.165, 1.54) is 42.1 Å². The number of benzene rings is 3. The quantitative estimate of drug-likeness (QED) is 0.105. The van der Waals surface area contributed by atoms with Crippen molar-refractivity contribution in [3.05, 3.63) is 72.3 Å². The average molecular weight is 747 g/mol. The fourth-order valence-electron chi connectivity index (χ4n) is 6.15. The van der Waals surface area contributed by atoms with Gasteiger partial charge in [-0.05, 0) is 61.4 Å². The number of sulfonamides is 1. The first-order chi connectivity index (χ1) is 24.4. The van der Waals surface area contributed by atoms with Gasteiger partial charge in [-0.1, -0.05) is 76.8 Å². The van der Waals surface area contributed by atoms with E-state index in [0.717, 1.165) is 31.4 Å². The van der Waals surface area contributed by atoms with Crippen molar-refractivity contribution in [2.75, 3.05) is 24.3 Å². The molecule has 1 aliphatic heterocycles. The maximum absolute atomic E-state index is 14.3. The number of amides is 2. The molecule has 0 saturated heterocycles. The first-order valence-corrected chi connectivity index (χ1v) is 19.9. The number of hydrogen-bond acceptors (Lipinski definition) is 9. The van der Waals surface area contributed by atoms with E-state index in [1.54, 1.807) is 13.0 Å². The van der Waals surface area contributed by atoms with Gasteiger partial charge in [0.15, 0.2) is 6.61 Å². The van der Waals surface area contributed by atoms with E-state index in [1.807, 2.05) is 36.6 Å². The van der Waals surface area contributed by atoms with Crippen molar-refractivity contribution in [2.45, 2.75) is 93.1 Å². The number of phenols is 1. The summed E-state index contributed by atoms with van der Waals surface area (Å²) in [7, 11) is -4.07. The molecule has 0 bridgehead atoms. The second-order valence-corrected chi connectivity index (χ2v) is 15.2. The van der Waals surface area contributed by atoms with Crippen LogP contribution >= 0.6 is 11.8 Å². The number of hydrogen-bond donors (Lipinski definition) is 5. The third-order valence-electron chi connectivity index (χ3n) is 8.90. The third kappa shape index (κ3) is 9.95. The lowest BCUT2D eigenvalue weighted by Gasteiger charge is -2.37. The molecule has 0 aromatic heterocycles. The Balaban J connectivity index is 1.68. The van der Waals surface area contributed by atoms with E-state index < -0.39 is 52.0 Å². The number of carbonyl (C=O) groups is 3. The number of aromatic hydroxyl groups is 1. The summed E-state index contributed by atoms with van der Waals surface area (Å²) in [6.07, 6.45) is 6.81. The normalized spacial score (nSPS) is 15.9. The third-order valence-corrected chi connectivity index (χ3v) is 11.3. The van der Waals surface area contributed by atoms with Gasteiger partial charge in [0, 0.05) is 18.3 Å². The molecular weight excluding hydrogens is 699 g/mol. The number of phenolic OH excluding ortho intramolecular Hbond substituents is 1. The van der Waals surface area contributed by atoms with Crippen LogP contribution in [0.4, 0.5) is 11.4 Å². The van der Waals surface area contributed by atoms with Gasteiger partial charge in [0.05, 0.1) is 16.1 Å². The van der Waals surface area contributed by atoms with Gasteiger partial charge >= 0.3 is 5.97 Å². The van der Waals surface area contributed by atoms with Crippen molar-refractivity contribution in [3.8, 4) is 11.5 Å². The van der Waals surface area contributed by atoms with Gasteiger partial charge in [0.2, 0.25) is 15.9 Å². The number of unbranched alkanes of at least 4 members (excludes halogenated alkanes) is 2. The van der Waals surface area contributed by atoms with E-state index in [-0.39, 0.29) is 22.8 Å². The van der Waals surface area contributed by atoms with Crippen molar-refractivity contribution in [1.82, 2.24) is 15.4 Å². The number of carboxylic acid groups (broad SMARTS) is 1. The van der Waals surface area contributed by atoms with Crippen LogP contribution in [-0.2, 0) is 24.4 Å². The summed E-state index contributed by atoms with van der Waals surface area (Å²) in [6.45, 7) is 5.64. The van der Waals surface area contributed by atoms with Crippen LogP contribution in [0.3, 0.4) is 0 Å². The molecule has 1 aliphatic rings. The number of nitrogens with one attached hydrogen (secondary N) is 3. The Hall–Kier alpha value is -4.27. The zero-order chi connectivity index (χ0) is 37.2. The smallest absolute Gasteiger partial charge is 0.326 e. The second-order valence-electron chi connectivity index (χ2n) is 12.7. The molecule has 3 aromatic carbocycles. The first kappa shape index (κ1) is 39.5. The minimum Gasteiger partial charge on any atom is -0.508 e. The summed E-state index contributed by atoms with van der Waals surface area (Å²) in [5.41, 5.74) is 0.933. The van der Waals surface area contributed by atoms with Crippen LogP contribution in [0.25, 0.3) is 0 Å². The zero-order valence-electron chi connectivity index (χ0n) is 29.5. The number of carboxylic acids is 1. The Morgan fingerprint density at radius 3 is 2.20 bits per heavy atom. The Kier molecular flexibility index (Phi) is 13.8. The predicted molar refractivity (Wildman–Crippen MR) is 198 cm³/mol. The van der Waals surface area contributed by atoms with Crippen LogP contribution < -0.4 is 25.0 Å². The van der Waals surface area contributed by atoms with Gasteiger partial charge < -0.3 is 30.5 Å². The number of ether oxygens (including phenoxy) is 1.